The molecule has 5 nitrogen and oxygen atoms in total. The van der Waals surface area contributed by atoms with Gasteiger partial charge in [0.15, 0.2) is 5.13 Å². The summed E-state index contributed by atoms with van der Waals surface area (Å²) in [6.45, 7) is 3.84. The summed E-state index contributed by atoms with van der Waals surface area (Å²) in [4.78, 5) is 20.7. The average molecular weight is 430 g/mol. The lowest BCUT2D eigenvalue weighted by atomic mass is 9.95. The fourth-order valence-electron chi connectivity index (χ4n) is 4.81. The topological polar surface area (TPSA) is 54.5 Å². The maximum atomic E-state index is 13.8. The van der Waals surface area contributed by atoms with Crippen LogP contribution >= 0.6 is 11.3 Å². The van der Waals surface area contributed by atoms with Crippen molar-refractivity contribution in [3.63, 3.8) is 0 Å². The number of carbonyl (C=O) groups is 1. The molecule has 3 aliphatic rings. The molecule has 0 bridgehead atoms. The van der Waals surface area contributed by atoms with E-state index in [1.54, 1.807) is 23.5 Å². The van der Waals surface area contributed by atoms with Gasteiger partial charge in [-0.2, -0.15) is 0 Å². The number of benzene rings is 1. The van der Waals surface area contributed by atoms with Gasteiger partial charge in [-0.3, -0.25) is 4.79 Å². The van der Waals surface area contributed by atoms with Crippen LogP contribution in [0.5, 0.6) is 0 Å². The van der Waals surface area contributed by atoms with Gasteiger partial charge in [0.25, 0.3) is 0 Å². The Morgan fingerprint density at radius 1 is 1.27 bits per heavy atom. The number of hydrogen-bond donors (Lipinski definition) is 1. The van der Waals surface area contributed by atoms with Gasteiger partial charge < -0.3 is 15.0 Å². The van der Waals surface area contributed by atoms with E-state index in [1.807, 2.05) is 11.0 Å². The van der Waals surface area contributed by atoms with E-state index in [-0.39, 0.29) is 17.6 Å². The lowest BCUT2D eigenvalue weighted by molar-refractivity contribution is -0.136. The first kappa shape index (κ1) is 19.9. The van der Waals surface area contributed by atoms with Crippen LogP contribution in [0.15, 0.2) is 18.2 Å². The van der Waals surface area contributed by atoms with E-state index >= 15 is 0 Å². The van der Waals surface area contributed by atoms with E-state index in [9.17, 15) is 9.18 Å². The summed E-state index contributed by atoms with van der Waals surface area (Å²) < 4.78 is 19.2. The van der Waals surface area contributed by atoms with E-state index in [1.165, 1.54) is 10.4 Å². The largest absolute Gasteiger partial charge is 0.381 e. The molecule has 1 atom stereocenters. The summed E-state index contributed by atoms with van der Waals surface area (Å²) in [5, 5.41) is 4.46. The Morgan fingerprint density at radius 2 is 2.13 bits per heavy atom. The van der Waals surface area contributed by atoms with Crippen molar-refractivity contribution >= 4 is 22.4 Å². The molecule has 0 radical (unpaired) electrons. The van der Waals surface area contributed by atoms with Gasteiger partial charge in [0.1, 0.15) is 5.82 Å². The number of aromatic nitrogens is 1. The molecule has 160 valence electrons. The number of thiazole rings is 1. The minimum atomic E-state index is -0.199. The summed E-state index contributed by atoms with van der Waals surface area (Å²) in [6.07, 6.45) is 5.95. The van der Waals surface area contributed by atoms with Crippen LogP contribution in [0.1, 0.15) is 36.1 Å². The van der Waals surface area contributed by atoms with Gasteiger partial charge in [-0.05, 0) is 62.1 Å². The number of amides is 1. The first-order valence-corrected chi connectivity index (χ1v) is 11.9. The van der Waals surface area contributed by atoms with Crippen LogP contribution < -0.4 is 5.32 Å². The van der Waals surface area contributed by atoms with Gasteiger partial charge in [0.05, 0.1) is 18.2 Å². The van der Waals surface area contributed by atoms with Crippen LogP contribution in [0.2, 0.25) is 0 Å². The molecule has 2 aromatic rings. The molecule has 1 amide bonds. The fourth-order valence-corrected chi connectivity index (χ4v) is 5.83. The molecule has 2 fully saturated rings. The molecular formula is C23H28FN3O2S. The predicted molar refractivity (Wildman–Crippen MR) is 116 cm³/mol. The van der Waals surface area contributed by atoms with Gasteiger partial charge in [-0.15, -0.1) is 11.3 Å². The molecule has 30 heavy (non-hydrogen) atoms. The summed E-state index contributed by atoms with van der Waals surface area (Å²) in [7, 11) is 0. The Balaban J connectivity index is 1.19. The van der Waals surface area contributed by atoms with Crippen molar-refractivity contribution in [1.29, 1.82) is 0 Å². The lowest BCUT2D eigenvalue weighted by Gasteiger charge is -2.33. The molecule has 2 aliphatic heterocycles. The van der Waals surface area contributed by atoms with E-state index < -0.39 is 0 Å². The Kier molecular flexibility index (Phi) is 5.74. The van der Waals surface area contributed by atoms with Crippen molar-refractivity contribution < 1.29 is 13.9 Å². The zero-order valence-corrected chi connectivity index (χ0v) is 18.0. The number of piperidine rings is 1. The fraction of sp³-hybridized carbons (Fsp3) is 0.565. The Morgan fingerprint density at radius 3 is 2.93 bits per heavy atom. The van der Waals surface area contributed by atoms with Crippen molar-refractivity contribution in [2.75, 3.05) is 38.2 Å². The second-order valence-electron chi connectivity index (χ2n) is 8.66. The maximum Gasteiger partial charge on any atom is 0.228 e. The highest BCUT2D eigenvalue weighted by Gasteiger charge is 2.30. The van der Waals surface area contributed by atoms with E-state index in [0.29, 0.717) is 19.1 Å². The molecule has 5 rings (SSSR count). The van der Waals surface area contributed by atoms with Crippen molar-refractivity contribution in [3.8, 4) is 11.3 Å². The molecule has 1 aromatic carbocycles. The number of halogens is 1. The van der Waals surface area contributed by atoms with Gasteiger partial charge in [0.2, 0.25) is 5.91 Å². The first-order valence-electron chi connectivity index (χ1n) is 11.1. The van der Waals surface area contributed by atoms with Crippen molar-refractivity contribution in [2.45, 2.75) is 38.5 Å². The molecule has 1 unspecified atom stereocenters. The third-order valence-corrected chi connectivity index (χ3v) is 7.69. The molecular weight excluding hydrogens is 401 g/mol. The minimum absolute atomic E-state index is 0.0677. The molecule has 1 aliphatic carbocycles. The van der Waals surface area contributed by atoms with Crippen LogP contribution in [0, 0.1) is 17.7 Å². The van der Waals surface area contributed by atoms with E-state index in [4.69, 9.17) is 9.72 Å². The third kappa shape index (κ3) is 4.10. The summed E-state index contributed by atoms with van der Waals surface area (Å²) in [6, 6.07) is 5.08. The number of ether oxygens (including phenoxy) is 1. The summed E-state index contributed by atoms with van der Waals surface area (Å²) in [5.41, 5.74) is 3.10. The maximum absolute atomic E-state index is 13.8. The average Bonchev–Trinajstić information content (AvgIpc) is 3.41. The lowest BCUT2D eigenvalue weighted by Crippen LogP contribution is -2.43. The standard InChI is InChI=1S/C23H28FN3O2S/c24-18-5-4-16-2-1-3-20-21(19(16)12-18)26-23(30-20)25-13-15-6-9-27(10-7-15)22(28)17-8-11-29-14-17/h4-5,12,15,17H,1-3,6-11,13-14H2,(H,25,26). The van der Waals surface area contributed by atoms with Crippen LogP contribution in [-0.2, 0) is 22.4 Å². The van der Waals surface area contributed by atoms with Crippen molar-refractivity contribution in [1.82, 2.24) is 9.88 Å². The van der Waals surface area contributed by atoms with Crippen molar-refractivity contribution in [2.24, 2.45) is 11.8 Å². The van der Waals surface area contributed by atoms with Crippen LogP contribution in [0.3, 0.4) is 0 Å². The Bertz CT molecular complexity index is 917. The second-order valence-corrected chi connectivity index (χ2v) is 9.74. The van der Waals surface area contributed by atoms with Gasteiger partial charge >= 0.3 is 0 Å². The number of aryl methyl sites for hydroxylation is 2. The van der Waals surface area contributed by atoms with Crippen molar-refractivity contribution in [3.05, 3.63) is 34.5 Å². The predicted octanol–water partition coefficient (Wildman–Crippen LogP) is 4.12. The Hall–Kier alpha value is -1.99. The highest BCUT2D eigenvalue weighted by molar-refractivity contribution is 7.16. The quantitative estimate of drug-likeness (QED) is 0.794. The normalized spacial score (nSPS) is 21.8. The number of likely N-dealkylation sites (tertiary alicyclic amines) is 1. The molecule has 7 heteroatoms. The molecule has 2 saturated heterocycles. The van der Waals surface area contributed by atoms with E-state index in [2.05, 4.69) is 5.32 Å². The number of nitrogens with one attached hydrogen (secondary N) is 1. The van der Waals surface area contributed by atoms with Crippen LogP contribution in [0.25, 0.3) is 11.3 Å². The smallest absolute Gasteiger partial charge is 0.228 e. The zero-order chi connectivity index (χ0) is 20.5. The number of carbonyl (C=O) groups excluding carboxylic acids is 1. The molecule has 1 N–H and O–H groups in total. The van der Waals surface area contributed by atoms with E-state index in [0.717, 1.165) is 74.5 Å². The monoisotopic (exact) mass is 429 g/mol. The summed E-state index contributed by atoms with van der Waals surface area (Å²) >= 11 is 1.71. The number of rotatable bonds is 4. The third-order valence-electron chi connectivity index (χ3n) is 6.62. The SMILES string of the molecule is O=C(C1CCOC1)N1CCC(CNc2nc3c(s2)CCCc2ccc(F)cc2-3)CC1. The van der Waals surface area contributed by atoms with Crippen LogP contribution in [0.4, 0.5) is 9.52 Å². The second kappa shape index (κ2) is 8.63. The van der Waals surface area contributed by atoms with Crippen LogP contribution in [-0.4, -0.2) is 48.6 Å². The molecule has 0 saturated carbocycles. The molecule has 1 aromatic heterocycles. The Labute approximate surface area is 180 Å². The highest BCUT2D eigenvalue weighted by Crippen LogP contribution is 2.37. The van der Waals surface area contributed by atoms with Gasteiger partial charge in [0, 0.05) is 36.7 Å². The first-order chi connectivity index (χ1) is 14.7. The number of hydrogen-bond acceptors (Lipinski definition) is 5. The number of anilines is 1. The highest BCUT2D eigenvalue weighted by atomic mass is 32.1. The molecule has 0 spiro atoms. The zero-order valence-electron chi connectivity index (χ0n) is 17.2. The summed E-state index contributed by atoms with van der Waals surface area (Å²) in [5.74, 6) is 0.684. The molecule has 3 heterocycles. The number of nitrogens with zero attached hydrogens (tertiary/aromatic N) is 2. The van der Waals surface area contributed by atoms with Gasteiger partial charge in [-0.1, -0.05) is 6.07 Å². The van der Waals surface area contributed by atoms with Gasteiger partial charge in [-0.25, -0.2) is 9.37 Å². The number of fused-ring (bicyclic) bond motifs is 3. The minimum Gasteiger partial charge on any atom is -0.381 e.